The monoisotopic (exact) mass is 1380 g/mol. The number of carbonyl (C=O) groups excluding carboxylic acids is 1. The summed E-state index contributed by atoms with van der Waals surface area (Å²) >= 11 is 0. The third kappa shape index (κ3) is 45.8. The Morgan fingerprint density at radius 1 is 0.299 bits per heavy atom. The smallest absolute Gasteiger partial charge is 0.407 e. The number of nitrogens with one attached hydrogen (secondary N) is 1. The molecular formula is C71H112N2O24. The number of carbonyl (C=O) groups is 1. The molecule has 1 amide bonds. The van der Waals surface area contributed by atoms with Crippen LogP contribution in [0.1, 0.15) is 30.9 Å². The van der Waals surface area contributed by atoms with E-state index >= 15 is 0 Å². The van der Waals surface area contributed by atoms with Gasteiger partial charge in [-0.2, -0.15) is 0 Å². The Bertz CT molecular complexity index is 2340. The molecule has 0 bridgehead atoms. The Kier molecular flexibility index (Phi) is 54.4. The summed E-state index contributed by atoms with van der Waals surface area (Å²) in [4.78, 5) is 12.3. The van der Waals surface area contributed by atoms with E-state index in [4.69, 9.17) is 115 Å². The number of hydrogen-bond acceptors (Lipinski definition) is 25. The van der Waals surface area contributed by atoms with E-state index in [9.17, 15) is 4.79 Å². The van der Waals surface area contributed by atoms with Crippen molar-refractivity contribution >= 4 is 6.09 Å². The standard InChI is InChI=1S/C43H61NO13.C28H51NO11/c1-2-46-17-18-48-21-22-50-25-26-52-28-30-54-32-34-56-37-13-11-36(12-14-37)55-33-31-53-29-27-51-24-23-49-20-19-47-16-15-44-43(45)57-35-42-40-9-5-3-7-38(40)39-8-4-6-10-41(39)42;1-2-30-9-10-32-13-14-34-17-18-36-20-22-38-24-26-40-28-5-3-27(4-6-28)39-25-23-37-21-19-35-16-15-33-12-11-31-8-7-29/h3-14,42H,2,15-35H2,1H3,(H,44,45);3-6H,2,7-26,29H2,1H3. The van der Waals surface area contributed by atoms with Crippen LogP contribution in [0, 0.1) is 0 Å². The molecule has 1 aliphatic rings. The Balaban J connectivity index is 0.000000440. The minimum atomic E-state index is -0.454. The number of amides is 1. The topological polar surface area (TPSA) is 267 Å². The minimum absolute atomic E-state index is 0.0338. The first kappa shape index (κ1) is 84.0. The highest BCUT2D eigenvalue weighted by Gasteiger charge is 2.29. The van der Waals surface area contributed by atoms with Crippen LogP contribution in [0.5, 0.6) is 23.0 Å². The van der Waals surface area contributed by atoms with Gasteiger partial charge in [-0.05, 0) is 84.6 Å². The van der Waals surface area contributed by atoms with Gasteiger partial charge in [0.15, 0.2) is 0 Å². The lowest BCUT2D eigenvalue weighted by Gasteiger charge is -2.14. The summed E-state index contributed by atoms with van der Waals surface area (Å²) in [5.41, 5.74) is 10.1. The van der Waals surface area contributed by atoms with Gasteiger partial charge in [0.2, 0.25) is 0 Å². The van der Waals surface area contributed by atoms with Crippen LogP contribution in [0.3, 0.4) is 0 Å². The van der Waals surface area contributed by atoms with E-state index in [1.54, 1.807) is 0 Å². The first-order valence-electron chi connectivity index (χ1n) is 34.0. The van der Waals surface area contributed by atoms with Crippen molar-refractivity contribution in [2.75, 3.05) is 284 Å². The van der Waals surface area contributed by atoms with Gasteiger partial charge >= 0.3 is 6.09 Å². The van der Waals surface area contributed by atoms with E-state index in [2.05, 4.69) is 29.6 Å². The zero-order valence-electron chi connectivity index (χ0n) is 57.6. The van der Waals surface area contributed by atoms with Crippen LogP contribution < -0.4 is 30.0 Å². The maximum Gasteiger partial charge on any atom is 0.407 e. The fourth-order valence-corrected chi connectivity index (χ4v) is 8.67. The van der Waals surface area contributed by atoms with Crippen LogP contribution in [-0.2, 0) is 90.0 Å². The Hall–Kier alpha value is -5.41. The molecule has 4 aromatic carbocycles. The molecule has 0 atom stereocenters. The number of benzene rings is 4. The van der Waals surface area contributed by atoms with Crippen molar-refractivity contribution in [1.29, 1.82) is 0 Å². The van der Waals surface area contributed by atoms with Gasteiger partial charge in [-0.25, -0.2) is 4.79 Å². The molecule has 5 rings (SSSR count). The van der Waals surface area contributed by atoms with Crippen molar-refractivity contribution in [3.8, 4) is 34.1 Å². The lowest BCUT2D eigenvalue weighted by Crippen LogP contribution is -2.29. The van der Waals surface area contributed by atoms with E-state index in [1.165, 1.54) is 22.3 Å². The summed E-state index contributed by atoms with van der Waals surface area (Å²) in [5, 5.41) is 2.75. The van der Waals surface area contributed by atoms with Gasteiger partial charge in [-0.3, -0.25) is 0 Å². The molecule has 26 heteroatoms. The molecule has 0 saturated carbocycles. The van der Waals surface area contributed by atoms with E-state index in [0.29, 0.717) is 277 Å². The quantitative estimate of drug-likeness (QED) is 0.0434. The molecule has 550 valence electrons. The number of nitrogens with two attached hydrogens (primary N) is 1. The average molecular weight is 1380 g/mol. The van der Waals surface area contributed by atoms with Gasteiger partial charge in [0.1, 0.15) is 56.0 Å². The summed E-state index contributed by atoms with van der Waals surface area (Å²) in [6.45, 7) is 25.6. The summed E-state index contributed by atoms with van der Waals surface area (Å²) in [6, 6.07) is 31.4. The second kappa shape index (κ2) is 62.8. The van der Waals surface area contributed by atoms with Crippen LogP contribution in [0.15, 0.2) is 97.1 Å². The van der Waals surface area contributed by atoms with Crippen LogP contribution >= 0.6 is 0 Å². The van der Waals surface area contributed by atoms with Gasteiger partial charge in [0, 0.05) is 32.2 Å². The van der Waals surface area contributed by atoms with Gasteiger partial charge in [0.05, 0.1) is 225 Å². The van der Waals surface area contributed by atoms with Crippen molar-refractivity contribution in [1.82, 2.24) is 5.32 Å². The Morgan fingerprint density at radius 2 is 0.526 bits per heavy atom. The van der Waals surface area contributed by atoms with Gasteiger partial charge in [-0.15, -0.1) is 0 Å². The SMILES string of the molecule is CCOCCOCCOCCOCCOCCOc1ccc(OCCOCCOCCOCCOCCN)cc1.CCOCCOCCOCCOCCOCCOc1ccc(OCCOCCOCCOCCOCCNC(=O)OCC2c3ccccc3-c3ccccc32)cc1. The number of fused-ring (bicyclic) bond motifs is 3. The first-order valence-corrected chi connectivity index (χ1v) is 34.0. The van der Waals surface area contributed by atoms with Gasteiger partial charge in [0.25, 0.3) is 0 Å². The van der Waals surface area contributed by atoms with Gasteiger partial charge in [-0.1, -0.05) is 48.5 Å². The minimum Gasteiger partial charge on any atom is -0.491 e. The molecule has 26 nitrogen and oxygen atoms in total. The molecule has 0 saturated heterocycles. The largest absolute Gasteiger partial charge is 0.491 e. The number of rotatable bonds is 67. The van der Waals surface area contributed by atoms with Crippen LogP contribution in [-0.4, -0.2) is 290 Å². The van der Waals surface area contributed by atoms with Crippen LogP contribution in [0.2, 0.25) is 0 Å². The van der Waals surface area contributed by atoms with Crippen molar-refractivity contribution in [3.63, 3.8) is 0 Å². The third-order valence-electron chi connectivity index (χ3n) is 13.4. The van der Waals surface area contributed by atoms with E-state index in [0.717, 1.165) is 23.0 Å². The summed E-state index contributed by atoms with van der Waals surface area (Å²) in [6.07, 6.45) is -0.454. The molecule has 0 unspecified atom stereocenters. The highest BCUT2D eigenvalue weighted by Crippen LogP contribution is 2.44. The lowest BCUT2D eigenvalue weighted by atomic mass is 9.98. The molecule has 3 N–H and O–H groups in total. The number of hydrogen-bond donors (Lipinski definition) is 2. The molecule has 1 aliphatic carbocycles. The van der Waals surface area contributed by atoms with Gasteiger partial charge < -0.3 is 120 Å². The third-order valence-corrected chi connectivity index (χ3v) is 13.4. The molecule has 0 radical (unpaired) electrons. The molecule has 0 aromatic heterocycles. The molecule has 4 aromatic rings. The normalized spacial score (nSPS) is 11.7. The maximum absolute atomic E-state index is 12.3. The number of alkyl carbamates (subject to hydrolysis) is 1. The van der Waals surface area contributed by atoms with E-state index in [-0.39, 0.29) is 12.5 Å². The zero-order valence-corrected chi connectivity index (χ0v) is 57.6. The second-order valence-corrected chi connectivity index (χ2v) is 20.6. The van der Waals surface area contributed by atoms with Crippen molar-refractivity contribution < 1.29 is 114 Å². The Morgan fingerprint density at radius 3 is 0.784 bits per heavy atom. The van der Waals surface area contributed by atoms with Crippen LogP contribution in [0.25, 0.3) is 11.1 Å². The Labute approximate surface area is 574 Å². The predicted octanol–water partition coefficient (Wildman–Crippen LogP) is 6.72. The highest BCUT2D eigenvalue weighted by molar-refractivity contribution is 5.79. The molecule has 0 aliphatic heterocycles. The van der Waals surface area contributed by atoms with E-state index < -0.39 is 6.09 Å². The molecule has 0 heterocycles. The second-order valence-electron chi connectivity index (χ2n) is 20.6. The fourth-order valence-electron chi connectivity index (χ4n) is 8.67. The van der Waals surface area contributed by atoms with Crippen molar-refractivity contribution in [3.05, 3.63) is 108 Å². The highest BCUT2D eigenvalue weighted by atomic mass is 16.6. The molecule has 0 fully saturated rings. The van der Waals surface area contributed by atoms with Crippen LogP contribution in [0.4, 0.5) is 4.79 Å². The summed E-state index contributed by atoms with van der Waals surface area (Å²) < 4.78 is 126. The predicted molar refractivity (Wildman–Crippen MR) is 363 cm³/mol. The summed E-state index contributed by atoms with van der Waals surface area (Å²) in [5.74, 6) is 3.03. The molecule has 97 heavy (non-hydrogen) atoms. The maximum atomic E-state index is 12.3. The fraction of sp³-hybridized carbons (Fsp3) is 0.648. The molecular weight excluding hydrogens is 1260 g/mol. The van der Waals surface area contributed by atoms with Crippen molar-refractivity contribution in [2.45, 2.75) is 19.8 Å². The zero-order chi connectivity index (χ0) is 68.5. The summed E-state index contributed by atoms with van der Waals surface area (Å²) in [7, 11) is 0. The van der Waals surface area contributed by atoms with E-state index in [1.807, 2.05) is 86.6 Å². The first-order chi connectivity index (χ1) is 48.1. The number of ether oxygens (including phenoxy) is 23. The molecule has 0 spiro atoms. The van der Waals surface area contributed by atoms with Crippen molar-refractivity contribution in [2.24, 2.45) is 5.73 Å². The average Bonchev–Trinajstić information content (AvgIpc) is 1.62. The lowest BCUT2D eigenvalue weighted by molar-refractivity contribution is -0.0119.